The Morgan fingerprint density at radius 1 is 1.70 bits per heavy atom. The minimum atomic E-state index is 0.824. The maximum absolute atomic E-state index is 4.12. The molecule has 0 unspecified atom stereocenters. The fraction of sp³-hybridized carbons (Fsp3) is 0.500. The number of hydrogen-bond acceptors (Lipinski definition) is 4. The van der Waals surface area contributed by atoms with Crippen LogP contribution in [-0.2, 0) is 6.54 Å². The largest absolute Gasteiger partial charge is 0.250 e. The van der Waals surface area contributed by atoms with Crippen molar-refractivity contribution in [2.75, 3.05) is 14.1 Å². The van der Waals surface area contributed by atoms with Gasteiger partial charge in [-0.1, -0.05) is 0 Å². The molecule has 1 aromatic heterocycles. The third-order valence-corrected chi connectivity index (χ3v) is 1.81. The van der Waals surface area contributed by atoms with Crippen molar-refractivity contribution in [2.24, 2.45) is 0 Å². The molecule has 0 aliphatic heterocycles. The molecule has 0 aliphatic rings. The first kappa shape index (κ1) is 7.65. The molecule has 0 aliphatic carbocycles. The number of hydrogen-bond donors (Lipinski definition) is 1. The summed E-state index contributed by atoms with van der Waals surface area (Å²) in [5, 5.41) is 5.02. The van der Waals surface area contributed by atoms with E-state index in [4.69, 9.17) is 0 Å². The lowest BCUT2D eigenvalue weighted by Crippen LogP contribution is -2.29. The molecule has 0 bridgehead atoms. The highest BCUT2D eigenvalue weighted by Gasteiger charge is 1.93. The van der Waals surface area contributed by atoms with Gasteiger partial charge in [0, 0.05) is 25.7 Å². The van der Waals surface area contributed by atoms with E-state index >= 15 is 0 Å². The van der Waals surface area contributed by atoms with Gasteiger partial charge < -0.3 is 0 Å². The number of thiazole rings is 1. The van der Waals surface area contributed by atoms with Crippen LogP contribution in [-0.4, -0.2) is 24.1 Å². The first-order valence-electron chi connectivity index (χ1n) is 3.08. The van der Waals surface area contributed by atoms with Gasteiger partial charge in [-0.15, -0.1) is 11.3 Å². The van der Waals surface area contributed by atoms with E-state index in [0.717, 1.165) is 11.6 Å². The van der Waals surface area contributed by atoms with Crippen molar-refractivity contribution in [3.8, 4) is 0 Å². The topological polar surface area (TPSA) is 28.2 Å². The predicted molar refractivity (Wildman–Crippen MR) is 42.6 cm³/mol. The summed E-state index contributed by atoms with van der Waals surface area (Å²) in [4.78, 5) is 4.12. The molecule has 56 valence electrons. The van der Waals surface area contributed by atoms with Crippen molar-refractivity contribution in [3.63, 3.8) is 0 Å². The molecule has 10 heavy (non-hydrogen) atoms. The average Bonchev–Trinajstić information content (AvgIpc) is 2.34. The van der Waals surface area contributed by atoms with Crippen LogP contribution in [0.4, 0.5) is 0 Å². The second-order valence-electron chi connectivity index (χ2n) is 2.16. The molecule has 1 N–H and O–H groups in total. The summed E-state index contributed by atoms with van der Waals surface area (Å²) in [6.45, 7) is 0.824. The quantitative estimate of drug-likeness (QED) is 0.655. The van der Waals surface area contributed by atoms with E-state index in [-0.39, 0.29) is 0 Å². The number of rotatable bonds is 3. The summed E-state index contributed by atoms with van der Waals surface area (Å²) in [7, 11) is 3.93. The molecule has 0 fully saturated rings. The van der Waals surface area contributed by atoms with Crippen molar-refractivity contribution >= 4 is 11.3 Å². The Balaban J connectivity index is 2.28. The third-order valence-electron chi connectivity index (χ3n) is 1.03. The van der Waals surface area contributed by atoms with Gasteiger partial charge in [0.1, 0.15) is 5.01 Å². The lowest BCUT2D eigenvalue weighted by atomic mass is 10.7. The van der Waals surface area contributed by atoms with Gasteiger partial charge in [0.2, 0.25) is 0 Å². The van der Waals surface area contributed by atoms with Gasteiger partial charge in [-0.3, -0.25) is 5.01 Å². The van der Waals surface area contributed by atoms with E-state index < -0.39 is 0 Å². The molecule has 4 heteroatoms. The van der Waals surface area contributed by atoms with Crippen LogP contribution in [0.3, 0.4) is 0 Å². The van der Waals surface area contributed by atoms with Crippen molar-refractivity contribution in [3.05, 3.63) is 16.6 Å². The summed E-state index contributed by atoms with van der Waals surface area (Å²) < 4.78 is 0. The number of nitrogens with zero attached hydrogens (tertiary/aromatic N) is 2. The van der Waals surface area contributed by atoms with E-state index in [1.165, 1.54) is 0 Å². The Bertz CT molecular complexity index is 171. The lowest BCUT2D eigenvalue weighted by molar-refractivity contribution is 0.286. The average molecular weight is 157 g/mol. The summed E-state index contributed by atoms with van der Waals surface area (Å²) >= 11 is 1.66. The smallest absolute Gasteiger partial charge is 0.108 e. The molecule has 0 saturated heterocycles. The van der Waals surface area contributed by atoms with Gasteiger partial charge in [0.15, 0.2) is 0 Å². The number of aromatic nitrogens is 1. The van der Waals surface area contributed by atoms with Crippen molar-refractivity contribution in [1.82, 2.24) is 15.4 Å². The third kappa shape index (κ3) is 2.43. The molecule has 1 heterocycles. The zero-order chi connectivity index (χ0) is 7.40. The second-order valence-corrected chi connectivity index (χ2v) is 3.13. The maximum atomic E-state index is 4.12. The fourth-order valence-corrected chi connectivity index (χ4v) is 1.11. The molecule has 0 spiro atoms. The van der Waals surface area contributed by atoms with Crippen LogP contribution < -0.4 is 5.43 Å². The van der Waals surface area contributed by atoms with Gasteiger partial charge in [-0.25, -0.2) is 10.4 Å². The molecule has 1 rings (SSSR count). The van der Waals surface area contributed by atoms with Gasteiger partial charge >= 0.3 is 0 Å². The Morgan fingerprint density at radius 2 is 2.50 bits per heavy atom. The molecule has 0 amide bonds. The zero-order valence-corrected chi connectivity index (χ0v) is 6.98. The van der Waals surface area contributed by atoms with Crippen molar-refractivity contribution in [1.29, 1.82) is 0 Å². The number of hydrazine groups is 1. The Morgan fingerprint density at radius 3 is 3.00 bits per heavy atom. The monoisotopic (exact) mass is 157 g/mol. The van der Waals surface area contributed by atoms with Crippen LogP contribution in [0.1, 0.15) is 5.01 Å². The standard InChI is InChI=1S/C6H11N3S/c1-9(2)8-5-6-7-3-4-10-6/h3-4,8H,5H2,1-2H3. The SMILES string of the molecule is CN(C)NCc1nccs1. The van der Waals surface area contributed by atoms with Crippen molar-refractivity contribution in [2.45, 2.75) is 6.54 Å². The maximum Gasteiger partial charge on any atom is 0.108 e. The Hall–Kier alpha value is -0.450. The van der Waals surface area contributed by atoms with E-state index in [1.807, 2.05) is 30.7 Å². The Kier molecular flexibility index (Phi) is 2.80. The van der Waals surface area contributed by atoms with Gasteiger partial charge in [0.25, 0.3) is 0 Å². The van der Waals surface area contributed by atoms with E-state index in [0.29, 0.717) is 0 Å². The van der Waals surface area contributed by atoms with Gasteiger partial charge in [-0.05, 0) is 0 Å². The van der Waals surface area contributed by atoms with Crippen LogP contribution in [0.15, 0.2) is 11.6 Å². The molecule has 3 nitrogen and oxygen atoms in total. The first-order valence-corrected chi connectivity index (χ1v) is 3.96. The molecule has 0 saturated carbocycles. The molecular weight excluding hydrogens is 146 g/mol. The minimum Gasteiger partial charge on any atom is -0.250 e. The lowest BCUT2D eigenvalue weighted by Gasteiger charge is -2.09. The van der Waals surface area contributed by atoms with Crippen LogP contribution in [0.2, 0.25) is 0 Å². The predicted octanol–water partition coefficient (Wildman–Crippen LogP) is 0.709. The van der Waals surface area contributed by atoms with Gasteiger partial charge in [0.05, 0.1) is 6.54 Å². The normalized spacial score (nSPS) is 10.7. The van der Waals surface area contributed by atoms with Crippen LogP contribution in [0, 0.1) is 0 Å². The van der Waals surface area contributed by atoms with E-state index in [9.17, 15) is 0 Å². The van der Waals surface area contributed by atoms with Gasteiger partial charge in [-0.2, -0.15) is 0 Å². The highest BCUT2D eigenvalue weighted by Crippen LogP contribution is 2.01. The summed E-state index contributed by atoms with van der Waals surface area (Å²) in [5.41, 5.74) is 3.13. The number of nitrogens with one attached hydrogen (secondary N) is 1. The van der Waals surface area contributed by atoms with Crippen LogP contribution in [0.5, 0.6) is 0 Å². The Labute approximate surface area is 64.7 Å². The highest BCUT2D eigenvalue weighted by molar-refractivity contribution is 7.09. The molecule has 1 aromatic rings. The zero-order valence-electron chi connectivity index (χ0n) is 6.16. The molecule has 0 atom stereocenters. The summed E-state index contributed by atoms with van der Waals surface area (Å²) in [6.07, 6.45) is 1.82. The van der Waals surface area contributed by atoms with Crippen LogP contribution in [0.25, 0.3) is 0 Å². The fourth-order valence-electron chi connectivity index (χ4n) is 0.566. The van der Waals surface area contributed by atoms with Crippen LogP contribution >= 0.6 is 11.3 Å². The molecular formula is C6H11N3S. The molecule has 0 aromatic carbocycles. The highest BCUT2D eigenvalue weighted by atomic mass is 32.1. The first-order chi connectivity index (χ1) is 4.79. The van der Waals surface area contributed by atoms with Crippen molar-refractivity contribution < 1.29 is 0 Å². The molecule has 0 radical (unpaired) electrons. The summed E-state index contributed by atoms with van der Waals surface area (Å²) in [6, 6.07) is 0. The summed E-state index contributed by atoms with van der Waals surface area (Å²) in [5.74, 6) is 0. The second kappa shape index (κ2) is 3.65. The van der Waals surface area contributed by atoms with E-state index in [2.05, 4.69) is 10.4 Å². The van der Waals surface area contributed by atoms with E-state index in [1.54, 1.807) is 11.3 Å². The minimum absolute atomic E-state index is 0.824.